The van der Waals surface area contributed by atoms with Crippen LogP contribution in [0.1, 0.15) is 32.6 Å². The van der Waals surface area contributed by atoms with Gasteiger partial charge in [-0.1, -0.05) is 0 Å². The Morgan fingerprint density at radius 2 is 1.92 bits per heavy atom. The van der Waals surface area contributed by atoms with Gasteiger partial charge >= 0.3 is 6.09 Å². The Morgan fingerprint density at radius 3 is 2.40 bits per heavy atom. The molecule has 1 aliphatic carbocycles. The molecular weight excluding hydrogens is 433 g/mol. The van der Waals surface area contributed by atoms with Crippen LogP contribution in [0, 0.1) is 5.92 Å². The molecule has 2 rings (SSSR count). The minimum Gasteiger partial charge on any atom is -0.450 e. The number of carbonyl (C=O) groups is 1. The SMILES string of the molecule is CCOC(=O)N1CCC(NC(=NC)NCC(C2CC2)N(C)C)CC1.I. The van der Waals surface area contributed by atoms with Crippen molar-refractivity contribution in [3.05, 3.63) is 0 Å². The van der Waals surface area contributed by atoms with E-state index in [0.29, 0.717) is 18.7 Å². The molecule has 0 spiro atoms. The van der Waals surface area contributed by atoms with Crippen molar-refractivity contribution in [1.82, 2.24) is 20.4 Å². The molecule has 1 saturated heterocycles. The van der Waals surface area contributed by atoms with Crippen LogP contribution in [0.15, 0.2) is 4.99 Å². The molecule has 8 heteroatoms. The van der Waals surface area contributed by atoms with Gasteiger partial charge in [-0.3, -0.25) is 4.99 Å². The molecule has 0 aromatic carbocycles. The highest BCUT2D eigenvalue weighted by Crippen LogP contribution is 2.34. The summed E-state index contributed by atoms with van der Waals surface area (Å²) in [6, 6.07) is 0.912. The highest BCUT2D eigenvalue weighted by atomic mass is 127. The van der Waals surface area contributed by atoms with E-state index in [0.717, 1.165) is 44.4 Å². The summed E-state index contributed by atoms with van der Waals surface area (Å²) in [6.07, 6.45) is 4.31. The molecule has 1 atom stereocenters. The van der Waals surface area contributed by atoms with Crippen LogP contribution in [-0.2, 0) is 4.74 Å². The van der Waals surface area contributed by atoms with Crippen LogP contribution in [0.3, 0.4) is 0 Å². The Morgan fingerprint density at radius 1 is 1.28 bits per heavy atom. The van der Waals surface area contributed by atoms with Crippen LogP contribution in [0.5, 0.6) is 0 Å². The third-order valence-corrected chi connectivity index (χ3v) is 4.89. The second kappa shape index (κ2) is 11.1. The normalized spacial score (nSPS) is 20.0. The Labute approximate surface area is 169 Å². The maximum Gasteiger partial charge on any atom is 0.409 e. The fourth-order valence-corrected chi connectivity index (χ4v) is 3.26. The molecule has 1 aliphatic heterocycles. The number of nitrogens with zero attached hydrogens (tertiary/aromatic N) is 3. The number of likely N-dealkylation sites (N-methyl/N-ethyl adjacent to an activating group) is 1. The Hall–Kier alpha value is -0.770. The number of nitrogens with one attached hydrogen (secondary N) is 2. The van der Waals surface area contributed by atoms with Gasteiger partial charge in [0.15, 0.2) is 5.96 Å². The molecule has 1 saturated carbocycles. The van der Waals surface area contributed by atoms with E-state index in [1.807, 2.05) is 14.0 Å². The third kappa shape index (κ3) is 7.16. The predicted molar refractivity (Wildman–Crippen MR) is 112 cm³/mol. The largest absolute Gasteiger partial charge is 0.450 e. The monoisotopic (exact) mass is 467 g/mol. The van der Waals surface area contributed by atoms with Crippen LogP contribution in [0.2, 0.25) is 0 Å². The van der Waals surface area contributed by atoms with Crippen molar-refractivity contribution in [3.63, 3.8) is 0 Å². The Balaban J connectivity index is 0.00000312. The van der Waals surface area contributed by atoms with Gasteiger partial charge in [0, 0.05) is 38.8 Å². The van der Waals surface area contributed by atoms with E-state index in [-0.39, 0.29) is 30.1 Å². The molecule has 1 heterocycles. The fraction of sp³-hybridized carbons (Fsp3) is 0.882. The molecule has 0 aromatic rings. The maximum absolute atomic E-state index is 11.7. The molecule has 25 heavy (non-hydrogen) atoms. The number of hydrogen-bond donors (Lipinski definition) is 2. The minimum absolute atomic E-state index is 0. The van der Waals surface area contributed by atoms with Gasteiger partial charge in [-0.15, -0.1) is 24.0 Å². The second-order valence-electron chi connectivity index (χ2n) is 6.93. The number of likely N-dealkylation sites (tertiary alicyclic amines) is 1. The first-order valence-electron chi connectivity index (χ1n) is 9.10. The molecule has 0 radical (unpaired) electrons. The zero-order valence-electron chi connectivity index (χ0n) is 16.0. The summed E-state index contributed by atoms with van der Waals surface area (Å²) in [5.74, 6) is 1.68. The van der Waals surface area contributed by atoms with Crippen LogP contribution in [0.4, 0.5) is 4.79 Å². The van der Waals surface area contributed by atoms with E-state index < -0.39 is 0 Å². The molecule has 7 nitrogen and oxygen atoms in total. The summed E-state index contributed by atoms with van der Waals surface area (Å²) in [4.78, 5) is 20.2. The van der Waals surface area contributed by atoms with Gasteiger partial charge in [0.1, 0.15) is 0 Å². The summed E-state index contributed by atoms with van der Waals surface area (Å²) in [7, 11) is 6.10. The molecular formula is C17H34IN5O2. The quantitative estimate of drug-likeness (QED) is 0.354. The Kier molecular flexibility index (Phi) is 9.84. The number of guanidine groups is 1. The lowest BCUT2D eigenvalue weighted by Gasteiger charge is -2.33. The molecule has 0 bridgehead atoms. The van der Waals surface area contributed by atoms with Crippen molar-refractivity contribution in [1.29, 1.82) is 0 Å². The standard InChI is InChI=1S/C17H33N5O2.HI/c1-5-24-17(23)22-10-8-14(9-11-22)20-16(18-2)19-12-15(21(3)4)13-6-7-13;/h13-15H,5-12H2,1-4H3,(H2,18,19,20);1H. The maximum atomic E-state index is 11.7. The van der Waals surface area contributed by atoms with E-state index >= 15 is 0 Å². The van der Waals surface area contributed by atoms with Gasteiger partial charge in [-0.05, 0) is 52.6 Å². The van der Waals surface area contributed by atoms with Crippen LogP contribution in [0.25, 0.3) is 0 Å². The van der Waals surface area contributed by atoms with Gasteiger partial charge in [-0.25, -0.2) is 4.79 Å². The lowest BCUT2D eigenvalue weighted by molar-refractivity contribution is 0.0963. The first-order chi connectivity index (χ1) is 11.5. The van der Waals surface area contributed by atoms with Crippen molar-refractivity contribution in [3.8, 4) is 0 Å². The molecule has 2 N–H and O–H groups in total. The van der Waals surface area contributed by atoms with Crippen molar-refractivity contribution >= 4 is 36.0 Å². The molecule has 2 aliphatic rings. The highest BCUT2D eigenvalue weighted by Gasteiger charge is 2.32. The molecule has 1 unspecified atom stereocenters. The summed E-state index contributed by atoms with van der Waals surface area (Å²) in [6.45, 7) is 4.65. The van der Waals surface area contributed by atoms with Crippen LogP contribution in [-0.4, -0.2) is 81.3 Å². The minimum atomic E-state index is -0.197. The molecule has 0 aromatic heterocycles. The van der Waals surface area contributed by atoms with Crippen LogP contribution >= 0.6 is 24.0 Å². The first-order valence-corrected chi connectivity index (χ1v) is 9.10. The van der Waals surface area contributed by atoms with Gasteiger partial charge in [0.05, 0.1) is 6.61 Å². The van der Waals surface area contributed by atoms with Crippen LogP contribution < -0.4 is 10.6 Å². The second-order valence-corrected chi connectivity index (χ2v) is 6.93. The zero-order chi connectivity index (χ0) is 17.5. The lowest BCUT2D eigenvalue weighted by Crippen LogP contribution is -2.52. The summed E-state index contributed by atoms with van der Waals surface area (Å²) in [5.41, 5.74) is 0. The van der Waals surface area contributed by atoms with E-state index in [2.05, 4.69) is 34.6 Å². The smallest absolute Gasteiger partial charge is 0.409 e. The van der Waals surface area contributed by atoms with Crippen molar-refractivity contribution in [2.45, 2.75) is 44.7 Å². The van der Waals surface area contributed by atoms with Crippen molar-refractivity contribution in [2.24, 2.45) is 10.9 Å². The molecule has 1 amide bonds. The molecule has 146 valence electrons. The van der Waals surface area contributed by atoms with E-state index in [4.69, 9.17) is 4.74 Å². The van der Waals surface area contributed by atoms with Gasteiger partial charge < -0.3 is 25.2 Å². The topological polar surface area (TPSA) is 69.2 Å². The number of halogens is 1. The fourth-order valence-electron chi connectivity index (χ4n) is 3.26. The van der Waals surface area contributed by atoms with E-state index in [1.165, 1.54) is 12.8 Å². The number of hydrogen-bond acceptors (Lipinski definition) is 4. The molecule has 2 fully saturated rings. The predicted octanol–water partition coefficient (Wildman–Crippen LogP) is 1.73. The average molecular weight is 467 g/mol. The summed E-state index contributed by atoms with van der Waals surface area (Å²) in [5, 5.41) is 6.96. The first kappa shape index (κ1) is 22.3. The van der Waals surface area contributed by atoms with Crippen molar-refractivity contribution < 1.29 is 9.53 Å². The third-order valence-electron chi connectivity index (χ3n) is 4.89. The number of amides is 1. The van der Waals surface area contributed by atoms with Crippen molar-refractivity contribution in [2.75, 3.05) is 47.4 Å². The van der Waals surface area contributed by atoms with E-state index in [9.17, 15) is 4.79 Å². The number of ether oxygens (including phenoxy) is 1. The average Bonchev–Trinajstić information content (AvgIpc) is 3.39. The van der Waals surface area contributed by atoms with Gasteiger partial charge in [-0.2, -0.15) is 0 Å². The van der Waals surface area contributed by atoms with E-state index in [1.54, 1.807) is 4.90 Å². The summed E-state index contributed by atoms with van der Waals surface area (Å²) >= 11 is 0. The lowest BCUT2D eigenvalue weighted by atomic mass is 10.1. The van der Waals surface area contributed by atoms with Gasteiger partial charge in [0.25, 0.3) is 0 Å². The Bertz CT molecular complexity index is 433. The number of piperidine rings is 1. The number of rotatable bonds is 6. The number of aliphatic imine (C=N–C) groups is 1. The number of carbonyl (C=O) groups excluding carboxylic acids is 1. The highest BCUT2D eigenvalue weighted by molar-refractivity contribution is 14.0. The summed E-state index contributed by atoms with van der Waals surface area (Å²) < 4.78 is 5.06. The van der Waals surface area contributed by atoms with Gasteiger partial charge in [0.2, 0.25) is 0 Å². The zero-order valence-corrected chi connectivity index (χ0v) is 18.3.